The zero-order valence-electron chi connectivity index (χ0n) is 15.1. The SMILES string of the molecule is CON=Cc1ccc(-c2ccccc2NC(=O)c2cn(C)cc2C)cc1. The number of carbonyl (C=O) groups is 1. The molecule has 26 heavy (non-hydrogen) atoms. The highest BCUT2D eigenvalue weighted by Crippen LogP contribution is 2.28. The van der Waals surface area contributed by atoms with E-state index in [9.17, 15) is 4.79 Å². The lowest BCUT2D eigenvalue weighted by molar-refractivity contribution is 0.102. The van der Waals surface area contributed by atoms with E-state index in [-0.39, 0.29) is 5.91 Å². The Balaban J connectivity index is 1.87. The summed E-state index contributed by atoms with van der Waals surface area (Å²) in [4.78, 5) is 17.3. The average molecular weight is 347 g/mol. The van der Waals surface area contributed by atoms with Gasteiger partial charge < -0.3 is 14.7 Å². The highest BCUT2D eigenvalue weighted by atomic mass is 16.6. The first-order valence-electron chi connectivity index (χ1n) is 8.28. The number of hydrogen-bond donors (Lipinski definition) is 1. The predicted molar refractivity (Wildman–Crippen MR) is 105 cm³/mol. The molecule has 0 bridgehead atoms. The molecule has 0 atom stereocenters. The lowest BCUT2D eigenvalue weighted by Gasteiger charge is -2.11. The van der Waals surface area contributed by atoms with E-state index in [2.05, 4.69) is 10.5 Å². The summed E-state index contributed by atoms with van der Waals surface area (Å²) in [5, 5.41) is 6.79. The van der Waals surface area contributed by atoms with Crippen LogP contribution in [0.3, 0.4) is 0 Å². The van der Waals surface area contributed by atoms with E-state index in [1.807, 2.05) is 79.5 Å². The topological polar surface area (TPSA) is 55.6 Å². The molecule has 1 heterocycles. The smallest absolute Gasteiger partial charge is 0.257 e. The fourth-order valence-corrected chi connectivity index (χ4v) is 2.85. The third kappa shape index (κ3) is 3.83. The first-order valence-corrected chi connectivity index (χ1v) is 8.28. The molecule has 132 valence electrons. The van der Waals surface area contributed by atoms with Crippen LogP contribution >= 0.6 is 0 Å². The molecule has 1 N–H and O–H groups in total. The molecule has 1 aromatic heterocycles. The number of hydrogen-bond acceptors (Lipinski definition) is 3. The minimum absolute atomic E-state index is 0.112. The maximum Gasteiger partial charge on any atom is 0.257 e. The minimum Gasteiger partial charge on any atom is -0.399 e. The monoisotopic (exact) mass is 347 g/mol. The number of rotatable bonds is 5. The van der Waals surface area contributed by atoms with Gasteiger partial charge in [-0.3, -0.25) is 4.79 Å². The molecule has 0 fully saturated rings. The van der Waals surface area contributed by atoms with Crippen LogP contribution in [0.15, 0.2) is 66.1 Å². The van der Waals surface area contributed by atoms with Gasteiger partial charge in [0.15, 0.2) is 0 Å². The number of aromatic nitrogens is 1. The lowest BCUT2D eigenvalue weighted by atomic mass is 10.0. The second-order valence-corrected chi connectivity index (χ2v) is 6.06. The van der Waals surface area contributed by atoms with E-state index < -0.39 is 0 Å². The maximum absolute atomic E-state index is 12.6. The second-order valence-electron chi connectivity index (χ2n) is 6.06. The molecule has 3 aromatic rings. The molecular formula is C21H21N3O2. The molecule has 0 unspecified atom stereocenters. The van der Waals surface area contributed by atoms with Gasteiger partial charge in [0.2, 0.25) is 0 Å². The van der Waals surface area contributed by atoms with Crippen molar-refractivity contribution in [1.29, 1.82) is 0 Å². The van der Waals surface area contributed by atoms with Crippen LogP contribution in [0.4, 0.5) is 5.69 Å². The molecule has 0 saturated carbocycles. The van der Waals surface area contributed by atoms with Gasteiger partial charge in [-0.05, 0) is 29.7 Å². The first kappa shape index (κ1) is 17.5. The van der Waals surface area contributed by atoms with E-state index in [4.69, 9.17) is 4.84 Å². The van der Waals surface area contributed by atoms with E-state index in [0.717, 1.165) is 27.9 Å². The number of nitrogens with one attached hydrogen (secondary N) is 1. The Morgan fingerprint density at radius 2 is 1.85 bits per heavy atom. The zero-order valence-corrected chi connectivity index (χ0v) is 15.1. The van der Waals surface area contributed by atoms with Crippen LogP contribution in [0.25, 0.3) is 11.1 Å². The van der Waals surface area contributed by atoms with Crippen LogP contribution < -0.4 is 5.32 Å². The van der Waals surface area contributed by atoms with Crippen LogP contribution in [-0.4, -0.2) is 23.8 Å². The Kier molecular flexibility index (Phi) is 5.17. The summed E-state index contributed by atoms with van der Waals surface area (Å²) in [5.74, 6) is -0.112. The largest absolute Gasteiger partial charge is 0.399 e. The third-order valence-corrected chi connectivity index (χ3v) is 4.10. The van der Waals surface area contributed by atoms with Crippen LogP contribution in [0.5, 0.6) is 0 Å². The Morgan fingerprint density at radius 3 is 2.50 bits per heavy atom. The summed E-state index contributed by atoms with van der Waals surface area (Å²) < 4.78 is 1.89. The molecule has 5 nitrogen and oxygen atoms in total. The molecular weight excluding hydrogens is 326 g/mol. The van der Waals surface area contributed by atoms with Crippen LogP contribution in [0.2, 0.25) is 0 Å². The van der Waals surface area contributed by atoms with Crippen molar-refractivity contribution in [3.63, 3.8) is 0 Å². The summed E-state index contributed by atoms with van der Waals surface area (Å²) in [6, 6.07) is 15.7. The normalized spacial score (nSPS) is 10.9. The van der Waals surface area contributed by atoms with Crippen molar-refractivity contribution >= 4 is 17.8 Å². The number of anilines is 1. The van der Waals surface area contributed by atoms with Gasteiger partial charge in [0.1, 0.15) is 7.11 Å². The standard InChI is InChI=1S/C21H21N3O2/c1-15-13-24(2)14-19(15)21(25)23-20-7-5-4-6-18(20)17-10-8-16(9-11-17)12-22-26-3/h4-14H,1-3H3,(H,23,25). The van der Waals surface area contributed by atoms with Gasteiger partial charge in [-0.15, -0.1) is 0 Å². The average Bonchev–Trinajstić information content (AvgIpc) is 2.99. The van der Waals surface area contributed by atoms with Gasteiger partial charge >= 0.3 is 0 Å². The number of benzene rings is 2. The predicted octanol–water partition coefficient (Wildman–Crippen LogP) is 4.23. The van der Waals surface area contributed by atoms with Crippen LogP contribution in [0, 0.1) is 6.92 Å². The van der Waals surface area contributed by atoms with Crippen LogP contribution in [-0.2, 0) is 11.9 Å². The van der Waals surface area contributed by atoms with E-state index in [0.29, 0.717) is 5.56 Å². The number of aryl methyl sites for hydroxylation is 2. The summed E-state index contributed by atoms with van der Waals surface area (Å²) in [7, 11) is 3.42. The maximum atomic E-state index is 12.6. The Morgan fingerprint density at radius 1 is 1.12 bits per heavy atom. The summed E-state index contributed by atoms with van der Waals surface area (Å²) >= 11 is 0. The molecule has 0 radical (unpaired) electrons. The highest BCUT2D eigenvalue weighted by Gasteiger charge is 2.13. The van der Waals surface area contributed by atoms with Crippen molar-refractivity contribution in [3.8, 4) is 11.1 Å². The van der Waals surface area contributed by atoms with Crippen molar-refractivity contribution in [1.82, 2.24) is 4.57 Å². The van der Waals surface area contributed by atoms with Crippen LogP contribution in [0.1, 0.15) is 21.5 Å². The molecule has 1 amide bonds. The molecule has 0 aliphatic carbocycles. The zero-order chi connectivity index (χ0) is 18.5. The number of amides is 1. The molecule has 5 heteroatoms. The van der Waals surface area contributed by atoms with Crippen molar-refractivity contribution in [2.24, 2.45) is 12.2 Å². The number of nitrogens with zero attached hydrogens (tertiary/aromatic N) is 2. The van der Waals surface area contributed by atoms with Crippen molar-refractivity contribution < 1.29 is 9.63 Å². The van der Waals surface area contributed by atoms with E-state index in [1.165, 1.54) is 7.11 Å². The molecule has 3 rings (SSSR count). The summed E-state index contributed by atoms with van der Waals surface area (Å²) in [6.07, 6.45) is 5.41. The second kappa shape index (κ2) is 7.70. The van der Waals surface area contributed by atoms with E-state index in [1.54, 1.807) is 6.21 Å². The number of oxime groups is 1. The van der Waals surface area contributed by atoms with Gasteiger partial charge in [0.25, 0.3) is 5.91 Å². The summed E-state index contributed by atoms with van der Waals surface area (Å²) in [5.41, 5.74) is 5.32. The third-order valence-electron chi connectivity index (χ3n) is 4.10. The Bertz CT molecular complexity index is 940. The van der Waals surface area contributed by atoms with E-state index >= 15 is 0 Å². The lowest BCUT2D eigenvalue weighted by Crippen LogP contribution is -2.13. The fourth-order valence-electron chi connectivity index (χ4n) is 2.85. The molecule has 0 aliphatic rings. The highest BCUT2D eigenvalue weighted by molar-refractivity contribution is 6.07. The van der Waals surface area contributed by atoms with Gasteiger partial charge in [0.05, 0.1) is 11.8 Å². The van der Waals surface area contributed by atoms with Gasteiger partial charge in [-0.25, -0.2) is 0 Å². The Labute approximate surface area is 152 Å². The van der Waals surface area contributed by atoms with Gasteiger partial charge in [0, 0.05) is 30.7 Å². The van der Waals surface area contributed by atoms with Crippen molar-refractivity contribution in [2.75, 3.05) is 12.4 Å². The minimum atomic E-state index is -0.112. The Hall–Kier alpha value is -3.34. The fraction of sp³-hybridized carbons (Fsp3) is 0.143. The molecule has 0 spiro atoms. The van der Waals surface area contributed by atoms with Gasteiger partial charge in [-0.2, -0.15) is 0 Å². The van der Waals surface area contributed by atoms with Gasteiger partial charge in [-0.1, -0.05) is 47.6 Å². The molecule has 0 saturated heterocycles. The summed E-state index contributed by atoms with van der Waals surface area (Å²) in [6.45, 7) is 1.93. The van der Waals surface area contributed by atoms with Crippen molar-refractivity contribution in [2.45, 2.75) is 6.92 Å². The van der Waals surface area contributed by atoms with Crippen molar-refractivity contribution in [3.05, 3.63) is 77.6 Å². The number of carbonyl (C=O) groups excluding carboxylic acids is 1. The molecule has 0 aliphatic heterocycles. The quantitative estimate of drug-likeness (QED) is 0.554. The first-order chi connectivity index (χ1) is 12.6. The number of para-hydroxylation sites is 1. The molecule has 2 aromatic carbocycles.